The highest BCUT2D eigenvalue weighted by molar-refractivity contribution is 9.10. The van der Waals surface area contributed by atoms with E-state index in [0.29, 0.717) is 26.0 Å². The molecule has 0 unspecified atom stereocenters. The van der Waals surface area contributed by atoms with Gasteiger partial charge < -0.3 is 14.6 Å². The predicted octanol–water partition coefficient (Wildman–Crippen LogP) is 5.82. The molecular weight excluding hydrogens is 520 g/mol. The van der Waals surface area contributed by atoms with Crippen LogP contribution in [-0.4, -0.2) is 46.2 Å². The lowest BCUT2D eigenvalue weighted by Gasteiger charge is -2.20. The number of aliphatic imine (C=N–C) groups is 1. The number of carboxylic acid groups (broad SMARTS) is 1. The highest BCUT2D eigenvalue weighted by Gasteiger charge is 2.35. The molecule has 0 aromatic heterocycles. The second-order valence-corrected chi connectivity index (χ2v) is 10.1. The van der Waals surface area contributed by atoms with Gasteiger partial charge in [-0.15, -0.1) is 0 Å². The van der Waals surface area contributed by atoms with Crippen LogP contribution >= 0.6 is 27.7 Å². The number of nitrogens with zero attached hydrogens (tertiary/aromatic N) is 2. The van der Waals surface area contributed by atoms with Crippen LogP contribution in [0.3, 0.4) is 0 Å². The van der Waals surface area contributed by atoms with Crippen molar-refractivity contribution in [2.45, 2.75) is 46.4 Å². The van der Waals surface area contributed by atoms with E-state index in [4.69, 9.17) is 14.6 Å². The Morgan fingerprint density at radius 3 is 2.44 bits per heavy atom. The third-order valence-corrected chi connectivity index (χ3v) is 6.44. The minimum absolute atomic E-state index is 0.00464. The van der Waals surface area contributed by atoms with Gasteiger partial charge in [-0.3, -0.25) is 14.7 Å². The van der Waals surface area contributed by atoms with Crippen molar-refractivity contribution in [3.05, 3.63) is 62.5 Å². The molecule has 0 radical (unpaired) electrons. The molecule has 1 heterocycles. The molecule has 180 valence electrons. The molecule has 0 aliphatic carbocycles. The molecule has 1 fully saturated rings. The predicted molar refractivity (Wildman–Crippen MR) is 139 cm³/mol. The number of rotatable bonds is 8. The zero-order valence-corrected chi connectivity index (χ0v) is 22.1. The fraction of sp³-hybridized carbons (Fsp3) is 0.320. The summed E-state index contributed by atoms with van der Waals surface area (Å²) in [6, 6.07) is 10.3. The number of ether oxygens (including phenoxy) is 2. The maximum absolute atomic E-state index is 13.0. The van der Waals surface area contributed by atoms with Crippen molar-refractivity contribution < 1.29 is 24.2 Å². The lowest BCUT2D eigenvalue weighted by molar-refractivity contribution is -0.123. The zero-order chi connectivity index (χ0) is 25.0. The van der Waals surface area contributed by atoms with Crippen LogP contribution < -0.4 is 9.47 Å². The molecule has 2 aromatic carbocycles. The van der Waals surface area contributed by atoms with Gasteiger partial charge in [-0.05, 0) is 96.9 Å². The Morgan fingerprint density at radius 2 is 1.88 bits per heavy atom. The number of halogens is 1. The van der Waals surface area contributed by atoms with Gasteiger partial charge in [0.2, 0.25) is 0 Å². The Kier molecular flexibility index (Phi) is 8.43. The summed E-state index contributed by atoms with van der Waals surface area (Å²) < 4.78 is 12.2. The number of hydrogen-bond acceptors (Lipinski definition) is 6. The Labute approximate surface area is 212 Å². The number of carboxylic acids is 1. The first kappa shape index (κ1) is 25.8. The SMILES string of the molecule is COc1cc(/C=C2/SC(=NC(C)C)N(C(C)C)C2=O)cc(Br)c1OCc1ccc(C(=O)O)cc1. The van der Waals surface area contributed by atoms with Gasteiger partial charge in [-0.1, -0.05) is 12.1 Å². The minimum Gasteiger partial charge on any atom is -0.493 e. The average molecular weight is 547 g/mol. The van der Waals surface area contributed by atoms with Gasteiger partial charge in [0.25, 0.3) is 5.91 Å². The Balaban J connectivity index is 1.84. The van der Waals surface area contributed by atoms with E-state index in [0.717, 1.165) is 11.1 Å². The van der Waals surface area contributed by atoms with Gasteiger partial charge >= 0.3 is 5.97 Å². The van der Waals surface area contributed by atoms with Gasteiger partial charge in [-0.2, -0.15) is 0 Å². The van der Waals surface area contributed by atoms with E-state index >= 15 is 0 Å². The summed E-state index contributed by atoms with van der Waals surface area (Å²) in [5, 5.41) is 9.75. The van der Waals surface area contributed by atoms with Crippen LogP contribution in [0, 0.1) is 0 Å². The first-order valence-corrected chi connectivity index (χ1v) is 12.3. The standard InChI is InChI=1S/C25H27BrN2O5S/c1-14(2)27-25-28(15(3)4)23(29)21(34-25)12-17-10-19(26)22(20(11-17)32-5)33-13-16-6-8-18(9-7-16)24(30)31/h6-12,14-15H,13H2,1-5H3,(H,30,31)/b21-12+,27-25?. The molecule has 1 saturated heterocycles. The van der Waals surface area contributed by atoms with Crippen molar-refractivity contribution in [3.8, 4) is 11.5 Å². The summed E-state index contributed by atoms with van der Waals surface area (Å²) in [6.45, 7) is 8.15. The van der Waals surface area contributed by atoms with Crippen LogP contribution in [0.2, 0.25) is 0 Å². The van der Waals surface area contributed by atoms with Gasteiger partial charge in [0.1, 0.15) is 6.61 Å². The molecule has 34 heavy (non-hydrogen) atoms. The monoisotopic (exact) mass is 546 g/mol. The summed E-state index contributed by atoms with van der Waals surface area (Å²) in [5.74, 6) is -0.0157. The van der Waals surface area contributed by atoms with Crippen molar-refractivity contribution in [3.63, 3.8) is 0 Å². The number of carbonyl (C=O) groups excluding carboxylic acids is 1. The van der Waals surface area contributed by atoms with E-state index in [9.17, 15) is 9.59 Å². The van der Waals surface area contributed by atoms with Crippen LogP contribution in [0.5, 0.6) is 11.5 Å². The van der Waals surface area contributed by atoms with Crippen molar-refractivity contribution >= 4 is 50.8 Å². The largest absolute Gasteiger partial charge is 0.493 e. The number of thioether (sulfide) groups is 1. The number of benzene rings is 2. The van der Waals surface area contributed by atoms with Crippen LogP contribution in [0.15, 0.2) is 50.8 Å². The smallest absolute Gasteiger partial charge is 0.335 e. The second kappa shape index (κ2) is 11.1. The zero-order valence-electron chi connectivity index (χ0n) is 19.7. The number of hydrogen-bond donors (Lipinski definition) is 1. The number of carbonyl (C=O) groups is 2. The van der Waals surface area contributed by atoms with Gasteiger partial charge in [0.05, 0.1) is 22.1 Å². The average Bonchev–Trinajstić information content (AvgIpc) is 3.06. The molecule has 3 rings (SSSR count). The maximum Gasteiger partial charge on any atom is 0.335 e. The highest BCUT2D eigenvalue weighted by Crippen LogP contribution is 2.40. The molecule has 1 aliphatic rings. The maximum atomic E-state index is 13.0. The van der Waals surface area contributed by atoms with Crippen molar-refractivity contribution in [2.24, 2.45) is 4.99 Å². The Morgan fingerprint density at radius 1 is 1.21 bits per heavy atom. The van der Waals surface area contributed by atoms with E-state index in [2.05, 4.69) is 20.9 Å². The molecule has 2 aromatic rings. The Hall–Kier alpha value is -2.78. The molecule has 1 amide bonds. The lowest BCUT2D eigenvalue weighted by atomic mass is 10.1. The summed E-state index contributed by atoms with van der Waals surface area (Å²) in [7, 11) is 1.55. The van der Waals surface area contributed by atoms with Crippen LogP contribution in [0.25, 0.3) is 6.08 Å². The molecule has 0 atom stereocenters. The fourth-order valence-corrected chi connectivity index (χ4v) is 5.07. The van der Waals surface area contributed by atoms with E-state index in [-0.39, 0.29) is 30.2 Å². The summed E-state index contributed by atoms with van der Waals surface area (Å²) in [5.41, 5.74) is 1.83. The number of amides is 1. The van der Waals surface area contributed by atoms with E-state index in [1.807, 2.05) is 45.9 Å². The molecule has 0 spiro atoms. The van der Waals surface area contributed by atoms with Gasteiger partial charge in [0.15, 0.2) is 16.7 Å². The third-order valence-electron chi connectivity index (χ3n) is 4.86. The number of methoxy groups -OCH3 is 1. The highest BCUT2D eigenvalue weighted by atomic mass is 79.9. The molecular formula is C25H27BrN2O5S. The van der Waals surface area contributed by atoms with Crippen molar-refractivity contribution in [1.29, 1.82) is 0 Å². The van der Waals surface area contributed by atoms with E-state index in [1.165, 1.54) is 23.9 Å². The normalized spacial score (nSPS) is 16.2. The second-order valence-electron chi connectivity index (χ2n) is 8.21. The lowest BCUT2D eigenvalue weighted by Crippen LogP contribution is -2.35. The van der Waals surface area contributed by atoms with E-state index < -0.39 is 5.97 Å². The summed E-state index contributed by atoms with van der Waals surface area (Å²) >= 11 is 4.92. The number of amidine groups is 1. The third kappa shape index (κ3) is 6.01. The van der Waals surface area contributed by atoms with Crippen LogP contribution in [0.1, 0.15) is 49.2 Å². The van der Waals surface area contributed by atoms with Crippen molar-refractivity contribution in [1.82, 2.24) is 4.90 Å². The van der Waals surface area contributed by atoms with Crippen LogP contribution in [-0.2, 0) is 11.4 Å². The first-order chi connectivity index (χ1) is 16.1. The first-order valence-electron chi connectivity index (χ1n) is 10.7. The summed E-state index contributed by atoms with van der Waals surface area (Å²) in [6.07, 6.45) is 1.83. The molecule has 1 aliphatic heterocycles. The van der Waals surface area contributed by atoms with Crippen molar-refractivity contribution in [2.75, 3.05) is 7.11 Å². The number of aromatic carboxylic acids is 1. The molecule has 0 saturated carbocycles. The molecule has 7 nitrogen and oxygen atoms in total. The quantitative estimate of drug-likeness (QED) is 0.419. The Bertz CT molecular complexity index is 1140. The van der Waals surface area contributed by atoms with E-state index in [1.54, 1.807) is 24.1 Å². The molecule has 0 bridgehead atoms. The minimum atomic E-state index is -0.973. The molecule has 1 N–H and O–H groups in total. The molecule has 9 heteroatoms. The fourth-order valence-electron chi connectivity index (χ4n) is 3.27. The van der Waals surface area contributed by atoms with Gasteiger partial charge in [0, 0.05) is 12.1 Å². The van der Waals surface area contributed by atoms with Gasteiger partial charge in [-0.25, -0.2) is 4.79 Å². The summed E-state index contributed by atoms with van der Waals surface area (Å²) in [4.78, 5) is 31.0. The topological polar surface area (TPSA) is 88.4 Å². The van der Waals surface area contributed by atoms with Crippen LogP contribution in [0.4, 0.5) is 0 Å².